The number of hydrogen-bond acceptors (Lipinski definition) is 4. The molecule has 0 spiro atoms. The Hall–Kier alpha value is -0.910. The predicted molar refractivity (Wildman–Crippen MR) is 77.9 cm³/mol. The van der Waals surface area contributed by atoms with Gasteiger partial charge < -0.3 is 10.6 Å². The van der Waals surface area contributed by atoms with E-state index in [1.54, 1.807) is 0 Å². The van der Waals surface area contributed by atoms with Crippen LogP contribution < -0.4 is 5.73 Å². The van der Waals surface area contributed by atoms with E-state index >= 15 is 0 Å². The second kappa shape index (κ2) is 6.50. The van der Waals surface area contributed by atoms with Gasteiger partial charge in [0.25, 0.3) is 0 Å². The number of rotatable bonds is 4. The molecule has 0 saturated carbocycles. The molecule has 1 heterocycles. The molecular formula is C14H22N2O2S. The molecule has 1 aromatic carbocycles. The van der Waals surface area contributed by atoms with Crippen molar-refractivity contribution in [3.05, 3.63) is 35.9 Å². The normalized spacial score (nSPS) is 21.7. The molecule has 0 aliphatic carbocycles. The second-order valence-corrected chi connectivity index (χ2v) is 7.45. The highest BCUT2D eigenvalue weighted by Gasteiger charge is 2.21. The molecule has 0 aromatic heterocycles. The fourth-order valence-corrected chi connectivity index (χ4v) is 3.84. The van der Waals surface area contributed by atoms with Gasteiger partial charge in [0.15, 0.2) is 9.84 Å². The Kier molecular flexibility index (Phi) is 4.96. The fraction of sp³-hybridized carbons (Fsp3) is 0.571. The van der Waals surface area contributed by atoms with E-state index in [4.69, 9.17) is 5.73 Å². The van der Waals surface area contributed by atoms with E-state index in [1.165, 1.54) is 5.56 Å². The summed E-state index contributed by atoms with van der Waals surface area (Å²) in [6.45, 7) is 2.91. The van der Waals surface area contributed by atoms with E-state index in [1.807, 2.05) is 18.2 Å². The largest absolute Gasteiger partial charge is 0.330 e. The lowest BCUT2D eigenvalue weighted by Crippen LogP contribution is -2.34. The number of nitrogens with two attached hydrogens (primary N) is 1. The minimum atomic E-state index is -2.83. The number of nitrogens with zero attached hydrogens (tertiary/aromatic N) is 1. The van der Waals surface area contributed by atoms with Gasteiger partial charge in [-0.2, -0.15) is 0 Å². The summed E-state index contributed by atoms with van der Waals surface area (Å²) in [7, 11) is -2.83. The van der Waals surface area contributed by atoms with Gasteiger partial charge >= 0.3 is 0 Å². The first kappa shape index (κ1) is 14.5. The van der Waals surface area contributed by atoms with Crippen molar-refractivity contribution >= 4 is 9.84 Å². The molecule has 5 heteroatoms. The van der Waals surface area contributed by atoms with Crippen LogP contribution in [0.3, 0.4) is 0 Å². The van der Waals surface area contributed by atoms with Gasteiger partial charge in [0.1, 0.15) is 0 Å². The summed E-state index contributed by atoms with van der Waals surface area (Å²) in [5.41, 5.74) is 7.10. The number of hydrogen-bond donors (Lipinski definition) is 1. The summed E-state index contributed by atoms with van der Waals surface area (Å²) < 4.78 is 23.2. The van der Waals surface area contributed by atoms with Crippen LogP contribution >= 0.6 is 0 Å². The standard InChI is InChI=1S/C14H22N2O2S/c15-11-14(13-5-2-1-3-6-13)12-16-7-4-9-19(17,18)10-8-16/h1-3,5-6,14H,4,7-12,15H2. The Morgan fingerprint density at radius 3 is 2.58 bits per heavy atom. The number of sulfone groups is 1. The third kappa shape index (κ3) is 4.30. The van der Waals surface area contributed by atoms with Crippen LogP contribution in [-0.2, 0) is 9.84 Å². The quantitative estimate of drug-likeness (QED) is 0.889. The Bertz CT molecular complexity index is 487. The zero-order valence-electron chi connectivity index (χ0n) is 11.2. The van der Waals surface area contributed by atoms with Crippen LogP contribution in [0.25, 0.3) is 0 Å². The molecule has 1 aliphatic heterocycles. The smallest absolute Gasteiger partial charge is 0.151 e. The molecule has 2 N–H and O–H groups in total. The summed E-state index contributed by atoms with van der Waals surface area (Å²) in [6, 6.07) is 10.2. The lowest BCUT2D eigenvalue weighted by molar-refractivity contribution is 0.277. The third-order valence-corrected chi connectivity index (χ3v) is 5.40. The monoisotopic (exact) mass is 282 g/mol. The molecule has 106 valence electrons. The van der Waals surface area contributed by atoms with Crippen LogP contribution in [0.2, 0.25) is 0 Å². The highest BCUT2D eigenvalue weighted by atomic mass is 32.2. The molecule has 0 amide bonds. The van der Waals surface area contributed by atoms with E-state index in [9.17, 15) is 8.42 Å². The van der Waals surface area contributed by atoms with Crippen LogP contribution in [0, 0.1) is 0 Å². The summed E-state index contributed by atoms with van der Waals surface area (Å²) in [5, 5.41) is 0. The van der Waals surface area contributed by atoms with Gasteiger partial charge in [-0.1, -0.05) is 30.3 Å². The summed E-state index contributed by atoms with van der Waals surface area (Å²) in [6.07, 6.45) is 0.731. The van der Waals surface area contributed by atoms with Crippen molar-refractivity contribution in [2.24, 2.45) is 5.73 Å². The zero-order chi connectivity index (χ0) is 13.7. The van der Waals surface area contributed by atoms with Crippen molar-refractivity contribution in [1.29, 1.82) is 0 Å². The van der Waals surface area contributed by atoms with Gasteiger partial charge in [0.2, 0.25) is 0 Å². The van der Waals surface area contributed by atoms with Crippen molar-refractivity contribution in [2.75, 3.05) is 37.7 Å². The SMILES string of the molecule is NCC(CN1CCCS(=O)(=O)CC1)c1ccccc1. The third-order valence-electron chi connectivity index (χ3n) is 3.68. The van der Waals surface area contributed by atoms with Crippen molar-refractivity contribution in [3.63, 3.8) is 0 Å². The molecule has 0 radical (unpaired) electrons. The summed E-state index contributed by atoms with van der Waals surface area (Å²) >= 11 is 0. The first-order chi connectivity index (χ1) is 9.11. The van der Waals surface area contributed by atoms with E-state index in [2.05, 4.69) is 17.0 Å². The molecule has 1 saturated heterocycles. The zero-order valence-corrected chi connectivity index (χ0v) is 12.0. The van der Waals surface area contributed by atoms with Crippen LogP contribution in [0.15, 0.2) is 30.3 Å². The minimum Gasteiger partial charge on any atom is -0.330 e. The van der Waals surface area contributed by atoms with Crippen LogP contribution in [0.1, 0.15) is 17.9 Å². The molecule has 19 heavy (non-hydrogen) atoms. The Labute approximate surface area is 115 Å². The molecule has 4 nitrogen and oxygen atoms in total. The first-order valence-corrected chi connectivity index (χ1v) is 8.60. The first-order valence-electron chi connectivity index (χ1n) is 6.78. The van der Waals surface area contributed by atoms with Crippen LogP contribution in [-0.4, -0.2) is 51.0 Å². The second-order valence-electron chi connectivity index (χ2n) is 5.15. The van der Waals surface area contributed by atoms with Crippen molar-refractivity contribution < 1.29 is 8.42 Å². The van der Waals surface area contributed by atoms with Gasteiger partial charge in [-0.25, -0.2) is 8.42 Å². The van der Waals surface area contributed by atoms with E-state index in [0.717, 1.165) is 19.5 Å². The predicted octanol–water partition coefficient (Wildman–Crippen LogP) is 0.849. The van der Waals surface area contributed by atoms with Gasteiger partial charge in [-0.15, -0.1) is 0 Å². The lowest BCUT2D eigenvalue weighted by Gasteiger charge is -2.25. The molecule has 0 bridgehead atoms. The average molecular weight is 282 g/mol. The van der Waals surface area contributed by atoms with Gasteiger partial charge in [-0.3, -0.25) is 0 Å². The Morgan fingerprint density at radius 1 is 1.16 bits per heavy atom. The van der Waals surface area contributed by atoms with Gasteiger partial charge in [0, 0.05) is 25.6 Å². The van der Waals surface area contributed by atoms with E-state index in [-0.39, 0.29) is 11.7 Å². The Balaban J connectivity index is 1.99. The van der Waals surface area contributed by atoms with Gasteiger partial charge in [0.05, 0.1) is 11.5 Å². The van der Waals surface area contributed by atoms with Crippen molar-refractivity contribution in [3.8, 4) is 0 Å². The fourth-order valence-electron chi connectivity index (χ4n) is 2.53. The Morgan fingerprint density at radius 2 is 1.89 bits per heavy atom. The van der Waals surface area contributed by atoms with Crippen LogP contribution in [0.5, 0.6) is 0 Å². The number of benzene rings is 1. The van der Waals surface area contributed by atoms with Gasteiger partial charge in [-0.05, 0) is 18.5 Å². The highest BCUT2D eigenvalue weighted by Crippen LogP contribution is 2.17. The molecule has 1 fully saturated rings. The maximum absolute atomic E-state index is 11.6. The molecular weight excluding hydrogens is 260 g/mol. The molecule has 1 aromatic rings. The van der Waals surface area contributed by atoms with E-state index in [0.29, 0.717) is 18.8 Å². The molecule has 1 atom stereocenters. The molecule has 1 unspecified atom stereocenters. The summed E-state index contributed by atoms with van der Waals surface area (Å²) in [4.78, 5) is 2.23. The van der Waals surface area contributed by atoms with Crippen molar-refractivity contribution in [2.45, 2.75) is 12.3 Å². The minimum absolute atomic E-state index is 0.277. The molecule has 2 rings (SSSR count). The summed E-state index contributed by atoms with van der Waals surface area (Å²) in [5.74, 6) is 0.878. The maximum Gasteiger partial charge on any atom is 0.151 e. The van der Waals surface area contributed by atoms with Crippen LogP contribution in [0.4, 0.5) is 0 Å². The maximum atomic E-state index is 11.6. The highest BCUT2D eigenvalue weighted by molar-refractivity contribution is 7.91. The molecule has 1 aliphatic rings. The lowest BCUT2D eigenvalue weighted by atomic mass is 9.98. The van der Waals surface area contributed by atoms with E-state index < -0.39 is 9.84 Å². The average Bonchev–Trinajstić information content (AvgIpc) is 2.58. The van der Waals surface area contributed by atoms with Crippen molar-refractivity contribution in [1.82, 2.24) is 4.90 Å². The topological polar surface area (TPSA) is 63.4 Å².